The molecule has 17 heavy (non-hydrogen) atoms. The topological polar surface area (TPSA) is 42.4 Å². The fraction of sp³-hybridized carbons (Fsp3) is 0.400. The molecule has 4 nitrogen and oxygen atoms in total. The fourth-order valence-corrected chi connectivity index (χ4v) is 1.28. The standard InChI is InChI=1S/C10H12Cl2N2O2.ClH/c1-14(2)5-6-16-10(15)9-7(11)3-4-8(12)13-9;/h3-4H,5-6H2,1-2H3;1H. The van der Waals surface area contributed by atoms with Crippen LogP contribution >= 0.6 is 35.6 Å². The molecule has 0 aliphatic rings. The maximum atomic E-state index is 11.6. The summed E-state index contributed by atoms with van der Waals surface area (Å²) in [7, 11) is 3.77. The number of halogens is 3. The minimum absolute atomic E-state index is 0. The second-order valence-electron chi connectivity index (χ2n) is 3.40. The van der Waals surface area contributed by atoms with Crippen LogP contribution in [0.4, 0.5) is 0 Å². The molecule has 1 aromatic rings. The Labute approximate surface area is 116 Å². The average molecular weight is 300 g/mol. The molecule has 1 heterocycles. The molecular weight excluding hydrogens is 286 g/mol. The summed E-state index contributed by atoms with van der Waals surface area (Å²) in [6, 6.07) is 3.03. The van der Waals surface area contributed by atoms with Crippen LogP contribution in [0.15, 0.2) is 12.1 Å². The summed E-state index contributed by atoms with van der Waals surface area (Å²) < 4.78 is 4.99. The Morgan fingerprint density at radius 2 is 2.06 bits per heavy atom. The molecule has 0 radical (unpaired) electrons. The first-order chi connectivity index (χ1) is 7.50. The van der Waals surface area contributed by atoms with Crippen molar-refractivity contribution in [3.63, 3.8) is 0 Å². The van der Waals surface area contributed by atoms with E-state index in [1.807, 2.05) is 19.0 Å². The van der Waals surface area contributed by atoms with Gasteiger partial charge in [-0.05, 0) is 26.2 Å². The van der Waals surface area contributed by atoms with Gasteiger partial charge in [0.2, 0.25) is 0 Å². The number of aromatic nitrogens is 1. The third-order valence-corrected chi connectivity index (χ3v) is 2.29. The van der Waals surface area contributed by atoms with Crippen molar-refractivity contribution in [1.82, 2.24) is 9.88 Å². The van der Waals surface area contributed by atoms with Crippen LogP contribution < -0.4 is 0 Å². The van der Waals surface area contributed by atoms with Gasteiger partial charge in [-0.1, -0.05) is 23.2 Å². The van der Waals surface area contributed by atoms with Gasteiger partial charge in [-0.2, -0.15) is 0 Å². The highest BCUT2D eigenvalue weighted by atomic mass is 35.5. The lowest BCUT2D eigenvalue weighted by Gasteiger charge is -2.10. The molecule has 0 unspecified atom stereocenters. The molecule has 0 aliphatic heterocycles. The van der Waals surface area contributed by atoms with Gasteiger partial charge in [0, 0.05) is 6.54 Å². The number of esters is 1. The summed E-state index contributed by atoms with van der Waals surface area (Å²) >= 11 is 11.5. The molecule has 0 saturated heterocycles. The quantitative estimate of drug-likeness (QED) is 0.633. The number of pyridine rings is 1. The number of hydrogen-bond donors (Lipinski definition) is 0. The summed E-state index contributed by atoms with van der Waals surface area (Å²) in [6.07, 6.45) is 0. The molecule has 1 rings (SSSR count). The van der Waals surface area contributed by atoms with Crippen LogP contribution in [-0.2, 0) is 4.74 Å². The van der Waals surface area contributed by atoms with Gasteiger partial charge < -0.3 is 9.64 Å². The van der Waals surface area contributed by atoms with E-state index >= 15 is 0 Å². The Morgan fingerprint density at radius 1 is 1.41 bits per heavy atom. The van der Waals surface area contributed by atoms with Crippen molar-refractivity contribution in [3.8, 4) is 0 Å². The molecule has 0 atom stereocenters. The zero-order valence-corrected chi connectivity index (χ0v) is 11.8. The van der Waals surface area contributed by atoms with Crippen LogP contribution in [0.3, 0.4) is 0 Å². The maximum Gasteiger partial charge on any atom is 0.358 e. The summed E-state index contributed by atoms with van der Waals surface area (Å²) in [6.45, 7) is 0.931. The summed E-state index contributed by atoms with van der Waals surface area (Å²) in [5, 5.41) is 0.447. The van der Waals surface area contributed by atoms with E-state index in [9.17, 15) is 4.79 Å². The molecule has 0 aliphatic carbocycles. The van der Waals surface area contributed by atoms with Gasteiger partial charge in [0.05, 0.1) is 5.02 Å². The zero-order valence-electron chi connectivity index (χ0n) is 9.44. The highest BCUT2D eigenvalue weighted by Gasteiger charge is 2.14. The van der Waals surface area contributed by atoms with E-state index in [0.29, 0.717) is 6.54 Å². The molecule has 0 amide bonds. The first-order valence-electron chi connectivity index (χ1n) is 4.64. The summed E-state index contributed by atoms with van der Waals surface area (Å²) in [5.41, 5.74) is 0.0490. The summed E-state index contributed by atoms with van der Waals surface area (Å²) in [4.78, 5) is 17.3. The monoisotopic (exact) mass is 298 g/mol. The fourth-order valence-electron chi connectivity index (χ4n) is 0.951. The number of likely N-dealkylation sites (N-methyl/N-ethyl adjacent to an activating group) is 1. The van der Waals surface area contributed by atoms with Gasteiger partial charge in [-0.25, -0.2) is 9.78 Å². The predicted octanol–water partition coefficient (Wildman–Crippen LogP) is 2.53. The van der Waals surface area contributed by atoms with Crippen molar-refractivity contribution in [2.75, 3.05) is 27.2 Å². The van der Waals surface area contributed by atoms with E-state index in [0.717, 1.165) is 0 Å². The Balaban J connectivity index is 0.00000256. The van der Waals surface area contributed by atoms with Crippen LogP contribution in [0.1, 0.15) is 10.5 Å². The third kappa shape index (κ3) is 5.55. The molecule has 0 fully saturated rings. The van der Waals surface area contributed by atoms with Crippen LogP contribution in [0.5, 0.6) is 0 Å². The van der Waals surface area contributed by atoms with Crippen molar-refractivity contribution in [2.45, 2.75) is 0 Å². The largest absolute Gasteiger partial charge is 0.460 e. The van der Waals surface area contributed by atoms with E-state index in [-0.39, 0.29) is 34.9 Å². The predicted molar refractivity (Wildman–Crippen MR) is 70.3 cm³/mol. The number of nitrogens with zero attached hydrogens (tertiary/aromatic N) is 2. The second-order valence-corrected chi connectivity index (χ2v) is 4.20. The zero-order chi connectivity index (χ0) is 12.1. The first-order valence-corrected chi connectivity index (χ1v) is 5.40. The smallest absolute Gasteiger partial charge is 0.358 e. The third-order valence-electron chi connectivity index (χ3n) is 1.78. The average Bonchev–Trinajstić information content (AvgIpc) is 2.21. The Morgan fingerprint density at radius 3 is 2.65 bits per heavy atom. The SMILES string of the molecule is CN(C)CCOC(=O)c1nc(Cl)ccc1Cl.Cl. The number of ether oxygens (including phenoxy) is 1. The molecule has 0 N–H and O–H groups in total. The highest BCUT2D eigenvalue weighted by molar-refractivity contribution is 6.34. The minimum Gasteiger partial charge on any atom is -0.460 e. The van der Waals surface area contributed by atoms with E-state index in [1.165, 1.54) is 12.1 Å². The highest BCUT2D eigenvalue weighted by Crippen LogP contribution is 2.17. The molecule has 7 heteroatoms. The lowest BCUT2D eigenvalue weighted by Crippen LogP contribution is -2.20. The van der Waals surface area contributed by atoms with E-state index in [2.05, 4.69) is 4.98 Å². The Bertz CT molecular complexity index is 386. The van der Waals surface area contributed by atoms with Gasteiger partial charge in [0.1, 0.15) is 11.8 Å². The molecule has 1 aromatic heterocycles. The number of carbonyl (C=O) groups is 1. The van der Waals surface area contributed by atoms with Gasteiger partial charge in [-0.3, -0.25) is 0 Å². The van der Waals surface area contributed by atoms with E-state index in [1.54, 1.807) is 0 Å². The van der Waals surface area contributed by atoms with Crippen molar-refractivity contribution >= 4 is 41.6 Å². The molecule has 0 aromatic carbocycles. The van der Waals surface area contributed by atoms with Crippen LogP contribution in [-0.4, -0.2) is 43.1 Å². The van der Waals surface area contributed by atoms with Crippen molar-refractivity contribution in [1.29, 1.82) is 0 Å². The Kier molecular flexibility index (Phi) is 7.46. The number of rotatable bonds is 4. The molecule has 0 spiro atoms. The van der Waals surface area contributed by atoms with Crippen LogP contribution in [0.2, 0.25) is 10.2 Å². The van der Waals surface area contributed by atoms with E-state index in [4.69, 9.17) is 27.9 Å². The lowest BCUT2D eigenvalue weighted by molar-refractivity contribution is 0.0475. The van der Waals surface area contributed by atoms with Gasteiger partial charge in [-0.15, -0.1) is 12.4 Å². The molecule has 0 saturated carbocycles. The summed E-state index contributed by atoms with van der Waals surface area (Å²) in [5.74, 6) is -0.561. The van der Waals surface area contributed by atoms with Gasteiger partial charge >= 0.3 is 5.97 Å². The van der Waals surface area contributed by atoms with Crippen LogP contribution in [0, 0.1) is 0 Å². The van der Waals surface area contributed by atoms with Crippen molar-refractivity contribution in [3.05, 3.63) is 28.0 Å². The Hall–Kier alpha value is -0.550. The number of hydrogen-bond acceptors (Lipinski definition) is 4. The van der Waals surface area contributed by atoms with E-state index < -0.39 is 5.97 Å². The van der Waals surface area contributed by atoms with Gasteiger partial charge in [0.15, 0.2) is 5.69 Å². The second kappa shape index (κ2) is 7.71. The molecule has 96 valence electrons. The van der Waals surface area contributed by atoms with Gasteiger partial charge in [0.25, 0.3) is 0 Å². The minimum atomic E-state index is -0.561. The van der Waals surface area contributed by atoms with Crippen LogP contribution in [0.25, 0.3) is 0 Å². The normalized spacial score (nSPS) is 9.94. The van der Waals surface area contributed by atoms with Crippen molar-refractivity contribution < 1.29 is 9.53 Å². The molecular formula is C10H13Cl3N2O2. The lowest BCUT2D eigenvalue weighted by atomic mass is 10.3. The maximum absolute atomic E-state index is 11.6. The number of carbonyl (C=O) groups excluding carboxylic acids is 1. The molecule has 0 bridgehead atoms. The van der Waals surface area contributed by atoms with Crippen molar-refractivity contribution in [2.24, 2.45) is 0 Å². The first kappa shape index (κ1) is 16.4.